The molecule has 1 aromatic carbocycles. The molecule has 2 aromatic rings. The molecule has 0 spiro atoms. The van der Waals surface area contributed by atoms with Crippen LogP contribution in [0.3, 0.4) is 0 Å². The molecule has 4 atom stereocenters. The van der Waals surface area contributed by atoms with Gasteiger partial charge in [-0.2, -0.15) is 0 Å². The van der Waals surface area contributed by atoms with E-state index in [0.29, 0.717) is 17.9 Å². The monoisotopic (exact) mass is 762 g/mol. The molecule has 0 bridgehead atoms. The second-order valence-corrected chi connectivity index (χ2v) is 17.6. The molecule has 294 valence electrons. The molecule has 1 aliphatic heterocycles. The van der Waals surface area contributed by atoms with Gasteiger partial charge in [0.25, 0.3) is 0 Å². The molecule has 7 aliphatic carbocycles. The summed E-state index contributed by atoms with van der Waals surface area (Å²) in [5.41, 5.74) is 15.4. The standard InChI is InChI=1S/C54H58N4/c1-4-13-37(14-5-1)39-23-29-44(30-24-39)52-56-53(45-31-25-40(26-32-45)38-15-6-2-7-16-38)58-54(57-52)46-33-27-43(28-34-46)50-36-35-48(42-17-8-3-9-18-42)51(55-50)49-22-12-20-41-19-10-11-21-47(41)49/h3-4,8,12-13,15,17,20,23-27,29,31-33,35-37,44,49,51,55H,1-2,5-7,9-11,14,16,18-19,21-22,28,30,34H2. The molecule has 1 N–H and O–H groups in total. The number of allylic oxidation sites excluding steroid dienone is 20. The van der Waals surface area contributed by atoms with Crippen molar-refractivity contribution in [2.75, 3.05) is 0 Å². The maximum atomic E-state index is 5.26. The van der Waals surface area contributed by atoms with Crippen LogP contribution in [0, 0.1) is 11.8 Å². The number of benzene rings is 1. The van der Waals surface area contributed by atoms with Crippen LogP contribution in [0.2, 0.25) is 0 Å². The average Bonchev–Trinajstić information content (AvgIpc) is 3.32. The van der Waals surface area contributed by atoms with Gasteiger partial charge in [0.1, 0.15) is 5.82 Å². The Balaban J connectivity index is 0.955. The van der Waals surface area contributed by atoms with Crippen LogP contribution in [0.4, 0.5) is 0 Å². The summed E-state index contributed by atoms with van der Waals surface area (Å²) >= 11 is 0. The van der Waals surface area contributed by atoms with Crippen LogP contribution >= 0.6 is 0 Å². The smallest absolute Gasteiger partial charge is 0.163 e. The molecule has 4 nitrogen and oxygen atoms in total. The fourth-order valence-electron chi connectivity index (χ4n) is 10.6. The van der Waals surface area contributed by atoms with E-state index in [1.54, 1.807) is 11.1 Å². The largest absolute Gasteiger partial charge is 0.377 e. The second kappa shape index (κ2) is 17.0. The summed E-state index contributed by atoms with van der Waals surface area (Å²) in [5.74, 6) is 3.66. The Morgan fingerprint density at radius 2 is 1.41 bits per heavy atom. The average molecular weight is 763 g/mol. The zero-order valence-corrected chi connectivity index (χ0v) is 34.1. The van der Waals surface area contributed by atoms with E-state index in [4.69, 9.17) is 15.0 Å². The van der Waals surface area contributed by atoms with E-state index in [1.807, 2.05) is 0 Å². The molecule has 0 saturated carbocycles. The van der Waals surface area contributed by atoms with Gasteiger partial charge < -0.3 is 5.32 Å². The zero-order valence-electron chi connectivity index (χ0n) is 34.1. The minimum atomic E-state index is 0.137. The lowest BCUT2D eigenvalue weighted by molar-refractivity contribution is 0.436. The number of aromatic nitrogens is 3. The third kappa shape index (κ3) is 7.87. The van der Waals surface area contributed by atoms with Crippen molar-refractivity contribution in [2.45, 2.75) is 121 Å². The van der Waals surface area contributed by atoms with Crippen LogP contribution in [0.1, 0.15) is 132 Å². The van der Waals surface area contributed by atoms with Crippen LogP contribution < -0.4 is 5.32 Å². The van der Waals surface area contributed by atoms with E-state index in [2.05, 4.69) is 121 Å². The van der Waals surface area contributed by atoms with E-state index in [-0.39, 0.29) is 5.92 Å². The Morgan fingerprint density at radius 1 is 0.552 bits per heavy atom. The highest BCUT2D eigenvalue weighted by Gasteiger charge is 2.35. The summed E-state index contributed by atoms with van der Waals surface area (Å²) in [6.45, 7) is 0. The molecule has 8 aliphatic rings. The van der Waals surface area contributed by atoms with Gasteiger partial charge in [0.2, 0.25) is 0 Å². The SMILES string of the molecule is C1=CCCC(C2=CC=C(C3=CC=C(c4nc(-c5ccc(C6=CCCCC6)cc5)nc(C5C=CC(C6C=CCCC6)=CC5)n4)CC3)NC2C2CC=CC3=C2CCCC3)=C1. The summed E-state index contributed by atoms with van der Waals surface area (Å²) < 4.78 is 0. The Kier molecular flexibility index (Phi) is 10.9. The lowest BCUT2D eigenvalue weighted by atomic mass is 9.72. The Hall–Kier alpha value is -5.09. The summed E-state index contributed by atoms with van der Waals surface area (Å²) in [6.07, 6.45) is 55.5. The summed E-state index contributed by atoms with van der Waals surface area (Å²) in [7, 11) is 0. The predicted molar refractivity (Wildman–Crippen MR) is 240 cm³/mol. The molecule has 4 heteroatoms. The molecule has 0 radical (unpaired) electrons. The number of hydrogen-bond acceptors (Lipinski definition) is 4. The lowest BCUT2D eigenvalue weighted by Crippen LogP contribution is -2.42. The molecular formula is C54H58N4. The number of hydrogen-bond donors (Lipinski definition) is 1. The topological polar surface area (TPSA) is 50.7 Å². The van der Waals surface area contributed by atoms with Gasteiger partial charge in [-0.25, -0.2) is 15.0 Å². The number of dihydropyridines is 1. The molecule has 2 heterocycles. The van der Waals surface area contributed by atoms with Crippen molar-refractivity contribution in [1.29, 1.82) is 0 Å². The van der Waals surface area contributed by atoms with E-state index in [1.165, 1.54) is 115 Å². The molecule has 0 amide bonds. The maximum Gasteiger partial charge on any atom is 0.163 e. The van der Waals surface area contributed by atoms with Gasteiger partial charge >= 0.3 is 0 Å². The molecule has 1 aromatic heterocycles. The molecule has 10 rings (SSSR count). The molecular weight excluding hydrogens is 705 g/mol. The van der Waals surface area contributed by atoms with Crippen molar-refractivity contribution in [3.05, 3.63) is 172 Å². The number of rotatable bonds is 8. The first-order valence-corrected chi connectivity index (χ1v) is 22.7. The first-order valence-electron chi connectivity index (χ1n) is 22.7. The third-order valence-corrected chi connectivity index (χ3v) is 14.0. The first kappa shape index (κ1) is 37.2. The van der Waals surface area contributed by atoms with Crippen molar-refractivity contribution < 1.29 is 0 Å². The highest BCUT2D eigenvalue weighted by molar-refractivity contribution is 5.70. The fraction of sp³-hybridized carbons (Fsp3) is 0.389. The van der Waals surface area contributed by atoms with Crippen molar-refractivity contribution in [1.82, 2.24) is 20.3 Å². The van der Waals surface area contributed by atoms with E-state index in [9.17, 15) is 0 Å². The maximum absolute atomic E-state index is 5.26. The molecule has 4 unspecified atom stereocenters. The van der Waals surface area contributed by atoms with Gasteiger partial charge in [-0.1, -0.05) is 115 Å². The Bertz CT molecular complexity index is 2310. The van der Waals surface area contributed by atoms with Gasteiger partial charge in [0, 0.05) is 29.0 Å². The minimum absolute atomic E-state index is 0.137. The highest BCUT2D eigenvalue weighted by Crippen LogP contribution is 2.43. The summed E-state index contributed by atoms with van der Waals surface area (Å²) in [6, 6.07) is 9.27. The van der Waals surface area contributed by atoms with E-state index >= 15 is 0 Å². The van der Waals surface area contributed by atoms with E-state index in [0.717, 1.165) is 61.6 Å². The van der Waals surface area contributed by atoms with Crippen LogP contribution in [0.5, 0.6) is 0 Å². The van der Waals surface area contributed by atoms with Crippen molar-refractivity contribution in [3.8, 4) is 11.4 Å². The van der Waals surface area contributed by atoms with Gasteiger partial charge in [-0.3, -0.25) is 0 Å². The highest BCUT2D eigenvalue weighted by atomic mass is 15.0. The molecule has 58 heavy (non-hydrogen) atoms. The van der Waals surface area contributed by atoms with Gasteiger partial charge in [0.15, 0.2) is 11.6 Å². The number of nitrogens with one attached hydrogen (secondary N) is 1. The van der Waals surface area contributed by atoms with Crippen LogP contribution in [0.25, 0.3) is 22.5 Å². The summed E-state index contributed by atoms with van der Waals surface area (Å²) in [4.78, 5) is 15.7. The molecule has 0 fully saturated rings. The predicted octanol–water partition coefficient (Wildman–Crippen LogP) is 13.4. The van der Waals surface area contributed by atoms with Gasteiger partial charge in [-0.15, -0.1) is 0 Å². The molecule has 0 saturated heterocycles. The minimum Gasteiger partial charge on any atom is -0.377 e. The van der Waals surface area contributed by atoms with Crippen LogP contribution in [-0.4, -0.2) is 21.0 Å². The van der Waals surface area contributed by atoms with Crippen molar-refractivity contribution >= 4 is 11.1 Å². The Morgan fingerprint density at radius 3 is 2.21 bits per heavy atom. The van der Waals surface area contributed by atoms with Crippen LogP contribution in [0.15, 0.2) is 155 Å². The van der Waals surface area contributed by atoms with Crippen molar-refractivity contribution in [3.63, 3.8) is 0 Å². The quantitative estimate of drug-likeness (QED) is 0.272. The van der Waals surface area contributed by atoms with Gasteiger partial charge in [0.05, 0.1) is 6.04 Å². The zero-order chi connectivity index (χ0) is 38.7. The summed E-state index contributed by atoms with van der Waals surface area (Å²) in [5, 5.41) is 4.17. The third-order valence-electron chi connectivity index (χ3n) is 14.0. The van der Waals surface area contributed by atoms with Crippen molar-refractivity contribution in [2.24, 2.45) is 11.8 Å². The Labute approximate surface area is 346 Å². The number of nitrogens with zero attached hydrogens (tertiary/aromatic N) is 3. The fourth-order valence-corrected chi connectivity index (χ4v) is 10.6. The second-order valence-electron chi connectivity index (χ2n) is 17.6. The normalized spacial score (nSPS) is 27.0. The van der Waals surface area contributed by atoms with E-state index < -0.39 is 0 Å². The first-order chi connectivity index (χ1) is 28.7. The lowest BCUT2D eigenvalue weighted by Gasteiger charge is -2.40. The van der Waals surface area contributed by atoms with Crippen LogP contribution in [-0.2, 0) is 0 Å². The van der Waals surface area contributed by atoms with Gasteiger partial charge in [-0.05, 0) is 160 Å².